The molecule has 4 rings (SSSR count). The minimum Gasteiger partial charge on any atom is -0.497 e. The lowest BCUT2D eigenvalue weighted by molar-refractivity contribution is 0.0516. The number of methoxy groups -OCH3 is 1. The third-order valence-electron chi connectivity index (χ3n) is 4.25. The van der Waals surface area contributed by atoms with Crippen LogP contribution in [0.4, 0.5) is 0 Å². The Hall–Kier alpha value is -3.86. The summed E-state index contributed by atoms with van der Waals surface area (Å²) in [6.45, 7) is 0. The van der Waals surface area contributed by atoms with Crippen LogP contribution >= 0.6 is 0 Å². The van der Waals surface area contributed by atoms with E-state index in [-0.39, 0.29) is 0 Å². The molecule has 0 saturated carbocycles. The van der Waals surface area contributed by atoms with E-state index in [4.69, 9.17) is 14.0 Å². The number of ether oxygens (including phenoxy) is 1. The SMILES string of the molecule is COc1ccc(/C(=N\OC(=O)c2ccccc2)c2cc3ccccc3o2)cc1. The zero-order valence-electron chi connectivity index (χ0n) is 15.2. The number of para-hydroxylation sites is 1. The second kappa shape index (κ2) is 7.80. The topological polar surface area (TPSA) is 61.0 Å². The number of nitrogens with zero attached hydrogens (tertiary/aromatic N) is 1. The summed E-state index contributed by atoms with van der Waals surface area (Å²) in [7, 11) is 1.60. The first kappa shape index (κ1) is 17.5. The van der Waals surface area contributed by atoms with Gasteiger partial charge < -0.3 is 14.0 Å². The van der Waals surface area contributed by atoms with Gasteiger partial charge in [0.2, 0.25) is 0 Å². The van der Waals surface area contributed by atoms with Gasteiger partial charge in [-0.1, -0.05) is 41.6 Å². The number of hydrogen-bond acceptors (Lipinski definition) is 5. The molecule has 0 saturated heterocycles. The number of carbonyl (C=O) groups is 1. The predicted molar refractivity (Wildman–Crippen MR) is 107 cm³/mol. The first-order valence-corrected chi connectivity index (χ1v) is 8.72. The van der Waals surface area contributed by atoms with Crippen LogP contribution < -0.4 is 4.74 Å². The molecule has 1 heterocycles. The Labute approximate surface area is 161 Å². The number of benzene rings is 3. The Balaban J connectivity index is 1.72. The number of oxime groups is 1. The molecule has 0 atom stereocenters. The van der Waals surface area contributed by atoms with E-state index in [2.05, 4.69) is 5.16 Å². The van der Waals surface area contributed by atoms with Crippen molar-refractivity contribution in [2.24, 2.45) is 5.16 Å². The summed E-state index contributed by atoms with van der Waals surface area (Å²) < 4.78 is 11.1. The van der Waals surface area contributed by atoms with E-state index < -0.39 is 5.97 Å². The van der Waals surface area contributed by atoms with Crippen molar-refractivity contribution < 1.29 is 18.8 Å². The van der Waals surface area contributed by atoms with Crippen molar-refractivity contribution in [2.45, 2.75) is 0 Å². The van der Waals surface area contributed by atoms with Crippen LogP contribution in [-0.4, -0.2) is 18.8 Å². The van der Waals surface area contributed by atoms with E-state index >= 15 is 0 Å². The van der Waals surface area contributed by atoms with Crippen LogP contribution in [-0.2, 0) is 4.84 Å². The van der Waals surface area contributed by atoms with Crippen LogP contribution in [0.1, 0.15) is 21.7 Å². The summed E-state index contributed by atoms with van der Waals surface area (Å²) in [4.78, 5) is 17.5. The Bertz CT molecular complexity index is 1100. The number of rotatable bonds is 5. The van der Waals surface area contributed by atoms with Crippen LogP contribution in [0.25, 0.3) is 11.0 Å². The summed E-state index contributed by atoms with van der Waals surface area (Å²) in [5.41, 5.74) is 2.31. The molecule has 28 heavy (non-hydrogen) atoms. The minimum absolute atomic E-state index is 0.420. The Morgan fingerprint density at radius 2 is 1.57 bits per heavy atom. The van der Waals surface area contributed by atoms with Crippen LogP contribution in [0.2, 0.25) is 0 Å². The fraction of sp³-hybridized carbons (Fsp3) is 0.0435. The largest absolute Gasteiger partial charge is 0.497 e. The second-order valence-electron chi connectivity index (χ2n) is 6.06. The molecule has 0 spiro atoms. The molecule has 5 heteroatoms. The van der Waals surface area contributed by atoms with Crippen molar-refractivity contribution in [3.05, 3.63) is 102 Å². The van der Waals surface area contributed by atoms with Gasteiger partial charge in [0.05, 0.1) is 12.7 Å². The lowest BCUT2D eigenvalue weighted by Gasteiger charge is -2.05. The van der Waals surface area contributed by atoms with E-state index in [0.717, 1.165) is 16.5 Å². The number of furan rings is 1. The summed E-state index contributed by atoms with van der Waals surface area (Å²) >= 11 is 0. The van der Waals surface area contributed by atoms with E-state index in [0.29, 0.717) is 22.8 Å². The second-order valence-corrected chi connectivity index (χ2v) is 6.06. The Kier molecular flexibility index (Phi) is 4.89. The van der Waals surface area contributed by atoms with Crippen molar-refractivity contribution in [3.63, 3.8) is 0 Å². The van der Waals surface area contributed by atoms with Crippen LogP contribution in [0.15, 0.2) is 94.5 Å². The van der Waals surface area contributed by atoms with Gasteiger partial charge >= 0.3 is 5.97 Å². The Morgan fingerprint density at radius 1 is 0.857 bits per heavy atom. The maximum absolute atomic E-state index is 12.3. The highest BCUT2D eigenvalue weighted by Crippen LogP contribution is 2.23. The molecule has 1 aromatic heterocycles. The van der Waals surface area contributed by atoms with Crippen molar-refractivity contribution in [1.29, 1.82) is 0 Å². The summed E-state index contributed by atoms with van der Waals surface area (Å²) in [6.07, 6.45) is 0. The maximum Gasteiger partial charge on any atom is 0.365 e. The zero-order chi connectivity index (χ0) is 19.3. The van der Waals surface area contributed by atoms with E-state index in [9.17, 15) is 4.79 Å². The highest BCUT2D eigenvalue weighted by Gasteiger charge is 2.16. The maximum atomic E-state index is 12.3. The van der Waals surface area contributed by atoms with Gasteiger partial charge in [0.15, 0.2) is 11.5 Å². The molecule has 3 aromatic carbocycles. The summed E-state index contributed by atoms with van der Waals surface area (Å²) in [6, 6.07) is 25.5. The quantitative estimate of drug-likeness (QED) is 0.280. The number of hydrogen-bond donors (Lipinski definition) is 0. The molecule has 0 radical (unpaired) electrons. The van der Waals surface area contributed by atoms with Crippen molar-refractivity contribution in [2.75, 3.05) is 7.11 Å². The van der Waals surface area contributed by atoms with E-state index in [1.54, 1.807) is 31.4 Å². The van der Waals surface area contributed by atoms with Crippen LogP contribution in [0.3, 0.4) is 0 Å². The molecular formula is C23H17NO4. The number of carbonyl (C=O) groups excluding carboxylic acids is 1. The lowest BCUT2D eigenvalue weighted by Crippen LogP contribution is -2.07. The van der Waals surface area contributed by atoms with E-state index in [1.807, 2.05) is 60.7 Å². The molecule has 0 bridgehead atoms. The van der Waals surface area contributed by atoms with Crippen molar-refractivity contribution >= 4 is 22.7 Å². The fourth-order valence-electron chi connectivity index (χ4n) is 2.80. The lowest BCUT2D eigenvalue weighted by atomic mass is 10.1. The molecule has 0 unspecified atom stereocenters. The molecule has 0 aliphatic rings. The van der Waals surface area contributed by atoms with Gasteiger partial charge in [0.25, 0.3) is 0 Å². The molecular weight excluding hydrogens is 354 g/mol. The highest BCUT2D eigenvalue weighted by atomic mass is 16.7. The molecule has 0 aliphatic carbocycles. The molecule has 138 valence electrons. The normalized spacial score (nSPS) is 11.4. The predicted octanol–water partition coefficient (Wildman–Crippen LogP) is 5.05. The van der Waals surface area contributed by atoms with Gasteiger partial charge in [-0.3, -0.25) is 0 Å². The van der Waals surface area contributed by atoms with Crippen molar-refractivity contribution in [1.82, 2.24) is 0 Å². The van der Waals surface area contributed by atoms with Gasteiger partial charge in [0.1, 0.15) is 11.3 Å². The first-order valence-electron chi connectivity index (χ1n) is 8.72. The first-order chi connectivity index (χ1) is 13.7. The number of fused-ring (bicyclic) bond motifs is 1. The van der Waals surface area contributed by atoms with Crippen LogP contribution in [0.5, 0.6) is 5.75 Å². The molecule has 0 aliphatic heterocycles. The van der Waals surface area contributed by atoms with Gasteiger partial charge in [-0.05, 0) is 48.5 Å². The van der Waals surface area contributed by atoms with Crippen LogP contribution in [0, 0.1) is 0 Å². The Morgan fingerprint density at radius 3 is 2.29 bits per heavy atom. The summed E-state index contributed by atoms with van der Waals surface area (Å²) in [5.74, 6) is 0.684. The fourth-order valence-corrected chi connectivity index (χ4v) is 2.80. The van der Waals surface area contributed by atoms with Gasteiger partial charge in [-0.2, -0.15) is 0 Å². The average Bonchev–Trinajstić information content (AvgIpc) is 3.18. The highest BCUT2D eigenvalue weighted by molar-refractivity contribution is 6.12. The molecule has 0 fully saturated rings. The molecule has 5 nitrogen and oxygen atoms in total. The summed E-state index contributed by atoms with van der Waals surface area (Å²) in [5, 5.41) is 5.06. The molecule has 0 amide bonds. The van der Waals surface area contributed by atoms with Gasteiger partial charge in [0, 0.05) is 10.9 Å². The third-order valence-corrected chi connectivity index (χ3v) is 4.25. The van der Waals surface area contributed by atoms with Gasteiger partial charge in [-0.15, -0.1) is 0 Å². The smallest absolute Gasteiger partial charge is 0.365 e. The standard InChI is InChI=1S/C23H17NO4/c1-26-19-13-11-16(12-14-19)22(21-15-18-9-5-6-10-20(18)27-21)24-28-23(25)17-7-3-2-4-8-17/h2-15H,1H3/b24-22+. The zero-order valence-corrected chi connectivity index (χ0v) is 15.2. The van der Waals surface area contributed by atoms with Gasteiger partial charge in [-0.25, -0.2) is 4.79 Å². The van der Waals surface area contributed by atoms with Crippen molar-refractivity contribution in [3.8, 4) is 5.75 Å². The minimum atomic E-state index is -0.539. The monoisotopic (exact) mass is 371 g/mol. The third kappa shape index (κ3) is 3.64. The van der Waals surface area contributed by atoms with E-state index in [1.165, 1.54) is 0 Å². The molecule has 4 aromatic rings. The molecule has 0 N–H and O–H groups in total. The average molecular weight is 371 g/mol.